The summed E-state index contributed by atoms with van der Waals surface area (Å²) in [6.45, 7) is -0.273. The second-order valence-electron chi connectivity index (χ2n) is 4.28. The Morgan fingerprint density at radius 3 is 2.76 bits per heavy atom. The Bertz CT molecular complexity index is 659. The van der Waals surface area contributed by atoms with Crippen molar-refractivity contribution >= 4 is 15.9 Å². The molecular weight excluding hydrogens is 294 g/mol. The first-order chi connectivity index (χ1) is 9.86. The first-order valence-electron chi connectivity index (χ1n) is 6.10. The summed E-state index contributed by atoms with van der Waals surface area (Å²) in [5, 5.41) is 11.1. The number of pyridine rings is 1. The molecule has 0 unspecified atom stereocenters. The molecule has 1 aromatic rings. The molecule has 1 heterocycles. The third kappa shape index (κ3) is 5.51. The molecule has 0 bridgehead atoms. The molecule has 0 aliphatic carbocycles. The van der Waals surface area contributed by atoms with Crippen molar-refractivity contribution in [2.45, 2.75) is 0 Å². The summed E-state index contributed by atoms with van der Waals surface area (Å²) in [5.41, 5.74) is 0.777. The topological polar surface area (TPSA) is 99.6 Å². The van der Waals surface area contributed by atoms with Gasteiger partial charge in [0, 0.05) is 38.6 Å². The van der Waals surface area contributed by atoms with Gasteiger partial charge in [0.1, 0.15) is 6.61 Å². The lowest BCUT2D eigenvalue weighted by Gasteiger charge is -2.11. The smallest absolute Gasteiger partial charge is 0.252 e. The molecule has 2 N–H and O–H groups in total. The highest BCUT2D eigenvalue weighted by Gasteiger charge is 2.14. The predicted octanol–water partition coefficient (Wildman–Crippen LogP) is -0.953. The Morgan fingerprint density at radius 1 is 1.43 bits per heavy atom. The van der Waals surface area contributed by atoms with Crippen molar-refractivity contribution in [3.63, 3.8) is 0 Å². The summed E-state index contributed by atoms with van der Waals surface area (Å²) in [7, 11) is -0.474. The molecule has 8 heteroatoms. The first kappa shape index (κ1) is 17.1. The van der Waals surface area contributed by atoms with Crippen LogP contribution in [0.25, 0.3) is 0 Å². The maximum atomic E-state index is 11.9. The van der Waals surface area contributed by atoms with Crippen LogP contribution >= 0.6 is 0 Å². The SMILES string of the molecule is CN(C)S(=O)(=O)CCNC(=O)c1cncc(C#CCO)c1. The molecule has 0 aliphatic rings. The molecule has 7 nitrogen and oxygen atoms in total. The van der Waals surface area contributed by atoms with Crippen LogP contribution in [0.1, 0.15) is 15.9 Å². The number of amides is 1. The fourth-order valence-electron chi connectivity index (χ4n) is 1.35. The zero-order valence-corrected chi connectivity index (χ0v) is 12.6. The van der Waals surface area contributed by atoms with Crippen LogP contribution in [0.4, 0.5) is 0 Å². The van der Waals surface area contributed by atoms with E-state index >= 15 is 0 Å². The van der Waals surface area contributed by atoms with Crippen LogP contribution in [0.5, 0.6) is 0 Å². The van der Waals surface area contributed by atoms with E-state index in [0.29, 0.717) is 5.56 Å². The molecule has 0 saturated heterocycles. The van der Waals surface area contributed by atoms with Gasteiger partial charge < -0.3 is 10.4 Å². The first-order valence-corrected chi connectivity index (χ1v) is 7.71. The van der Waals surface area contributed by atoms with Gasteiger partial charge in [-0.2, -0.15) is 0 Å². The second-order valence-corrected chi connectivity index (χ2v) is 6.58. The lowest BCUT2D eigenvalue weighted by atomic mass is 10.2. The van der Waals surface area contributed by atoms with Crippen molar-refractivity contribution in [3.05, 3.63) is 29.6 Å². The van der Waals surface area contributed by atoms with Crippen LogP contribution in [0.3, 0.4) is 0 Å². The monoisotopic (exact) mass is 311 g/mol. The molecule has 0 saturated carbocycles. The molecular formula is C13H17N3O4S. The number of aliphatic hydroxyl groups excluding tert-OH is 1. The van der Waals surface area contributed by atoms with Crippen molar-refractivity contribution in [2.24, 2.45) is 0 Å². The van der Waals surface area contributed by atoms with Crippen molar-refractivity contribution < 1.29 is 18.3 Å². The van der Waals surface area contributed by atoms with Crippen LogP contribution in [-0.4, -0.2) is 61.7 Å². The Morgan fingerprint density at radius 2 is 2.14 bits per heavy atom. The van der Waals surface area contributed by atoms with Gasteiger partial charge >= 0.3 is 0 Å². The minimum absolute atomic E-state index is 0.00585. The minimum Gasteiger partial charge on any atom is -0.384 e. The van der Waals surface area contributed by atoms with Crippen LogP contribution in [0.2, 0.25) is 0 Å². The molecule has 0 spiro atoms. The summed E-state index contributed by atoms with van der Waals surface area (Å²) in [4.78, 5) is 15.7. The fourth-order valence-corrected chi connectivity index (χ4v) is 2.08. The summed E-state index contributed by atoms with van der Waals surface area (Å²) < 4.78 is 24.2. The number of nitrogens with one attached hydrogen (secondary N) is 1. The molecule has 114 valence electrons. The average Bonchev–Trinajstić information content (AvgIpc) is 2.45. The summed E-state index contributed by atoms with van der Waals surface area (Å²) in [6, 6.07) is 1.52. The van der Waals surface area contributed by atoms with E-state index < -0.39 is 15.9 Å². The van der Waals surface area contributed by atoms with Gasteiger partial charge in [-0.15, -0.1) is 0 Å². The van der Waals surface area contributed by atoms with Gasteiger partial charge in [-0.25, -0.2) is 12.7 Å². The highest BCUT2D eigenvalue weighted by atomic mass is 32.2. The molecule has 0 fully saturated rings. The van der Waals surface area contributed by atoms with Crippen LogP contribution in [0.15, 0.2) is 18.5 Å². The molecule has 0 aliphatic heterocycles. The van der Waals surface area contributed by atoms with Gasteiger partial charge in [-0.3, -0.25) is 9.78 Å². The number of aromatic nitrogens is 1. The number of sulfonamides is 1. The molecule has 1 rings (SSSR count). The number of rotatable bonds is 5. The molecule has 0 aromatic carbocycles. The van der Waals surface area contributed by atoms with E-state index in [0.717, 1.165) is 4.31 Å². The van der Waals surface area contributed by atoms with Crippen molar-refractivity contribution in [1.29, 1.82) is 0 Å². The summed E-state index contributed by atoms with van der Waals surface area (Å²) >= 11 is 0. The van der Waals surface area contributed by atoms with E-state index in [2.05, 4.69) is 22.1 Å². The Hall–Kier alpha value is -1.95. The number of hydrogen-bond acceptors (Lipinski definition) is 5. The van der Waals surface area contributed by atoms with Gasteiger partial charge in [-0.1, -0.05) is 11.8 Å². The maximum Gasteiger partial charge on any atom is 0.252 e. The van der Waals surface area contributed by atoms with E-state index in [1.807, 2.05) is 0 Å². The highest BCUT2D eigenvalue weighted by Crippen LogP contribution is 2.01. The number of hydrogen-bond donors (Lipinski definition) is 2. The minimum atomic E-state index is -3.34. The van der Waals surface area contributed by atoms with E-state index in [1.54, 1.807) is 0 Å². The molecule has 0 radical (unpaired) electrons. The lowest BCUT2D eigenvalue weighted by Crippen LogP contribution is -2.33. The van der Waals surface area contributed by atoms with Crippen molar-refractivity contribution in [3.8, 4) is 11.8 Å². The van der Waals surface area contributed by atoms with Gasteiger partial charge in [0.05, 0.1) is 11.3 Å². The van der Waals surface area contributed by atoms with E-state index in [-0.39, 0.29) is 24.5 Å². The average molecular weight is 311 g/mol. The lowest BCUT2D eigenvalue weighted by molar-refractivity contribution is 0.0955. The number of carbonyl (C=O) groups is 1. The Balaban J connectivity index is 2.64. The van der Waals surface area contributed by atoms with Gasteiger partial charge in [-0.05, 0) is 6.07 Å². The molecule has 1 amide bonds. The molecule has 0 atom stereocenters. The van der Waals surface area contributed by atoms with E-state index in [1.165, 1.54) is 32.6 Å². The van der Waals surface area contributed by atoms with Gasteiger partial charge in [0.15, 0.2) is 0 Å². The number of carbonyl (C=O) groups excluding carboxylic acids is 1. The zero-order valence-electron chi connectivity index (χ0n) is 11.8. The number of aliphatic hydroxyl groups is 1. The predicted molar refractivity (Wildman–Crippen MR) is 78.0 cm³/mol. The van der Waals surface area contributed by atoms with Crippen molar-refractivity contribution in [2.75, 3.05) is 33.0 Å². The Labute approximate surface area is 124 Å². The highest BCUT2D eigenvalue weighted by molar-refractivity contribution is 7.89. The quantitative estimate of drug-likeness (QED) is 0.683. The third-order valence-corrected chi connectivity index (χ3v) is 4.35. The molecule has 1 aromatic heterocycles. The molecule has 21 heavy (non-hydrogen) atoms. The van der Waals surface area contributed by atoms with E-state index in [4.69, 9.17) is 5.11 Å². The van der Waals surface area contributed by atoms with Crippen molar-refractivity contribution in [1.82, 2.24) is 14.6 Å². The normalized spacial score (nSPS) is 10.9. The van der Waals surface area contributed by atoms with Gasteiger partial charge in [0.2, 0.25) is 10.0 Å². The third-order valence-electron chi connectivity index (χ3n) is 2.51. The van der Waals surface area contributed by atoms with Gasteiger partial charge in [0.25, 0.3) is 5.91 Å². The van der Waals surface area contributed by atoms with Crippen LogP contribution < -0.4 is 5.32 Å². The maximum absolute atomic E-state index is 11.9. The van der Waals surface area contributed by atoms with E-state index in [9.17, 15) is 13.2 Å². The summed E-state index contributed by atoms with van der Waals surface area (Å²) in [6.07, 6.45) is 2.83. The zero-order chi connectivity index (χ0) is 15.9. The largest absolute Gasteiger partial charge is 0.384 e. The Kier molecular flexibility index (Phi) is 6.30. The van der Waals surface area contributed by atoms with Crippen LogP contribution in [0, 0.1) is 11.8 Å². The standard InChI is InChI=1S/C13H17N3O4S/c1-16(2)21(19,20)7-5-15-13(18)12-8-11(4-3-6-17)9-14-10-12/h8-10,17H,5-7H2,1-2H3,(H,15,18). The fraction of sp³-hybridized carbons (Fsp3) is 0.385. The second kappa shape index (κ2) is 7.73. The summed E-state index contributed by atoms with van der Waals surface area (Å²) in [5.74, 6) is 4.49. The number of nitrogens with zero attached hydrogens (tertiary/aromatic N) is 2. The van der Waals surface area contributed by atoms with Crippen LogP contribution in [-0.2, 0) is 10.0 Å².